The highest BCUT2D eigenvalue weighted by atomic mass is 32.2. The van der Waals surface area contributed by atoms with E-state index in [2.05, 4.69) is 0 Å². The Kier molecular flexibility index (Phi) is 6.62. The van der Waals surface area contributed by atoms with Crippen LogP contribution in [0.15, 0.2) is 47.4 Å². The fraction of sp³-hybridized carbons (Fsp3) is 0.417. The Balaban J connectivity index is 1.40. The van der Waals surface area contributed by atoms with E-state index < -0.39 is 0 Å². The zero-order valence-electron chi connectivity index (χ0n) is 17.3. The van der Waals surface area contributed by atoms with E-state index in [1.54, 1.807) is 11.8 Å². The van der Waals surface area contributed by atoms with Gasteiger partial charge in [0.15, 0.2) is 17.3 Å². The van der Waals surface area contributed by atoms with E-state index in [1.807, 2.05) is 53.6 Å². The van der Waals surface area contributed by atoms with E-state index >= 15 is 0 Å². The van der Waals surface area contributed by atoms with Crippen molar-refractivity contribution in [2.75, 3.05) is 26.0 Å². The zero-order valence-corrected chi connectivity index (χ0v) is 18.1. The number of thioether (sulfide) groups is 1. The van der Waals surface area contributed by atoms with Gasteiger partial charge in [-0.05, 0) is 48.9 Å². The van der Waals surface area contributed by atoms with Gasteiger partial charge in [0.05, 0.1) is 19.3 Å². The van der Waals surface area contributed by atoms with Crippen LogP contribution in [0, 0.1) is 0 Å². The van der Waals surface area contributed by atoms with Gasteiger partial charge in [0.1, 0.15) is 0 Å². The van der Waals surface area contributed by atoms with Crippen molar-refractivity contribution in [3.63, 3.8) is 0 Å². The molecule has 0 unspecified atom stereocenters. The number of ether oxygens (including phenoxy) is 2. The molecule has 1 atom stereocenters. The number of carbonyl (C=O) groups is 2. The summed E-state index contributed by atoms with van der Waals surface area (Å²) in [5.41, 5.74) is 1.74. The molecule has 2 aliphatic heterocycles. The van der Waals surface area contributed by atoms with Crippen LogP contribution in [0.4, 0.5) is 0 Å². The van der Waals surface area contributed by atoms with Crippen LogP contribution >= 0.6 is 11.8 Å². The van der Waals surface area contributed by atoms with Gasteiger partial charge in [-0.2, -0.15) is 0 Å². The summed E-state index contributed by atoms with van der Waals surface area (Å²) in [4.78, 5) is 28.5. The van der Waals surface area contributed by atoms with Crippen molar-refractivity contribution in [2.24, 2.45) is 0 Å². The molecule has 0 N–H and O–H groups in total. The highest BCUT2D eigenvalue weighted by Gasteiger charge is 2.30. The van der Waals surface area contributed by atoms with Gasteiger partial charge in [-0.1, -0.05) is 18.2 Å². The Morgan fingerprint density at radius 1 is 1.00 bits per heavy atom. The standard InChI is InChI=1S/C24H27NO4S/c1-30-19-8-5-17(6-9-19)21(26)10-12-24(27)25-13-2-4-20(25)18-7-11-22-23(16-18)29-15-3-14-28-22/h5-9,11,16,20H,2-4,10,12-15H2,1H3/t20-/m0/s1. The lowest BCUT2D eigenvalue weighted by Crippen LogP contribution is -2.30. The zero-order chi connectivity index (χ0) is 20.9. The van der Waals surface area contributed by atoms with Crippen molar-refractivity contribution in [1.82, 2.24) is 4.90 Å². The highest BCUT2D eigenvalue weighted by molar-refractivity contribution is 7.98. The Morgan fingerprint density at radius 2 is 1.77 bits per heavy atom. The third-order valence-corrected chi connectivity index (χ3v) is 6.45. The van der Waals surface area contributed by atoms with Crippen molar-refractivity contribution < 1.29 is 19.1 Å². The Morgan fingerprint density at radius 3 is 2.53 bits per heavy atom. The number of carbonyl (C=O) groups excluding carboxylic acids is 2. The summed E-state index contributed by atoms with van der Waals surface area (Å²) in [6.07, 6.45) is 5.24. The summed E-state index contributed by atoms with van der Waals surface area (Å²) < 4.78 is 11.5. The van der Waals surface area contributed by atoms with Crippen LogP contribution in [0.3, 0.4) is 0 Å². The van der Waals surface area contributed by atoms with E-state index in [0.717, 1.165) is 47.8 Å². The molecule has 4 rings (SSSR count). The molecule has 0 radical (unpaired) electrons. The summed E-state index contributed by atoms with van der Waals surface area (Å²) in [6, 6.07) is 13.6. The summed E-state index contributed by atoms with van der Waals surface area (Å²) in [5.74, 6) is 1.58. The van der Waals surface area contributed by atoms with Crippen LogP contribution in [0.25, 0.3) is 0 Å². The first-order valence-electron chi connectivity index (χ1n) is 10.5. The molecule has 0 aliphatic carbocycles. The molecule has 0 aromatic heterocycles. The predicted molar refractivity (Wildman–Crippen MR) is 118 cm³/mol. The molecule has 2 aromatic carbocycles. The molecule has 0 spiro atoms. The van der Waals surface area contributed by atoms with Gasteiger partial charge in [0.25, 0.3) is 0 Å². The van der Waals surface area contributed by atoms with E-state index in [0.29, 0.717) is 18.8 Å². The minimum atomic E-state index is 0.0160. The van der Waals surface area contributed by atoms with Crippen LogP contribution in [0.5, 0.6) is 11.5 Å². The second kappa shape index (κ2) is 9.56. The average Bonchev–Trinajstić information content (AvgIpc) is 3.16. The molecular formula is C24H27NO4S. The molecule has 0 bridgehead atoms. The van der Waals surface area contributed by atoms with Gasteiger partial charge < -0.3 is 14.4 Å². The third kappa shape index (κ3) is 4.64. The molecule has 2 aliphatic rings. The van der Waals surface area contributed by atoms with Gasteiger partial charge in [-0.15, -0.1) is 11.8 Å². The number of ketones is 1. The first kappa shape index (κ1) is 20.8. The molecule has 2 aromatic rings. The Labute approximate surface area is 181 Å². The van der Waals surface area contributed by atoms with Crippen molar-refractivity contribution in [1.29, 1.82) is 0 Å². The number of nitrogens with zero attached hydrogens (tertiary/aromatic N) is 1. The minimum absolute atomic E-state index is 0.0160. The molecule has 0 saturated carbocycles. The van der Waals surface area contributed by atoms with Gasteiger partial charge in [0.2, 0.25) is 5.91 Å². The van der Waals surface area contributed by atoms with Crippen molar-refractivity contribution in [3.05, 3.63) is 53.6 Å². The summed E-state index contributed by atoms with van der Waals surface area (Å²) >= 11 is 1.64. The molecule has 6 heteroatoms. The SMILES string of the molecule is CSc1ccc(C(=O)CCC(=O)N2CCC[C@H]2c2ccc3c(c2)OCCCO3)cc1. The van der Waals surface area contributed by atoms with Crippen LogP contribution in [-0.4, -0.2) is 42.6 Å². The van der Waals surface area contributed by atoms with Gasteiger partial charge in [0, 0.05) is 36.3 Å². The van der Waals surface area contributed by atoms with Crippen molar-refractivity contribution in [3.8, 4) is 11.5 Å². The topological polar surface area (TPSA) is 55.8 Å². The van der Waals surface area contributed by atoms with Crippen LogP contribution in [-0.2, 0) is 4.79 Å². The Hall–Kier alpha value is -2.47. The van der Waals surface area contributed by atoms with Crippen LogP contribution < -0.4 is 9.47 Å². The largest absolute Gasteiger partial charge is 0.490 e. The number of fused-ring (bicyclic) bond motifs is 1. The fourth-order valence-electron chi connectivity index (χ4n) is 4.08. The molecule has 30 heavy (non-hydrogen) atoms. The van der Waals surface area contributed by atoms with E-state index in [4.69, 9.17) is 9.47 Å². The molecule has 5 nitrogen and oxygen atoms in total. The number of hydrogen-bond acceptors (Lipinski definition) is 5. The highest BCUT2D eigenvalue weighted by Crippen LogP contribution is 2.38. The van der Waals surface area contributed by atoms with E-state index in [9.17, 15) is 9.59 Å². The van der Waals surface area contributed by atoms with Crippen molar-refractivity contribution in [2.45, 2.75) is 43.0 Å². The number of rotatable bonds is 6. The second-order valence-corrected chi connectivity index (χ2v) is 8.53. The van der Waals surface area contributed by atoms with E-state index in [1.165, 1.54) is 0 Å². The van der Waals surface area contributed by atoms with Crippen LogP contribution in [0.1, 0.15) is 54.1 Å². The first-order valence-corrected chi connectivity index (χ1v) is 11.7. The second-order valence-electron chi connectivity index (χ2n) is 7.65. The first-order chi connectivity index (χ1) is 14.7. The van der Waals surface area contributed by atoms with Crippen LogP contribution in [0.2, 0.25) is 0 Å². The smallest absolute Gasteiger partial charge is 0.223 e. The molecule has 1 fully saturated rings. The number of amides is 1. The normalized spacial score (nSPS) is 18.2. The molecule has 158 valence electrons. The molecule has 2 heterocycles. The van der Waals surface area contributed by atoms with Gasteiger partial charge >= 0.3 is 0 Å². The number of hydrogen-bond donors (Lipinski definition) is 0. The maximum atomic E-state index is 12.9. The summed E-state index contributed by atoms with van der Waals surface area (Å²) in [5, 5.41) is 0. The summed E-state index contributed by atoms with van der Waals surface area (Å²) in [6.45, 7) is 2.03. The fourth-order valence-corrected chi connectivity index (χ4v) is 4.49. The third-order valence-electron chi connectivity index (χ3n) is 5.71. The number of benzene rings is 2. The predicted octanol–water partition coefficient (Wildman–Crippen LogP) is 4.90. The molecule has 1 saturated heterocycles. The maximum absolute atomic E-state index is 12.9. The average molecular weight is 426 g/mol. The lowest BCUT2D eigenvalue weighted by atomic mass is 10.0. The van der Waals surface area contributed by atoms with E-state index in [-0.39, 0.29) is 30.6 Å². The molecule has 1 amide bonds. The number of likely N-dealkylation sites (tertiary alicyclic amines) is 1. The van der Waals surface area contributed by atoms with Crippen molar-refractivity contribution >= 4 is 23.5 Å². The Bertz CT molecular complexity index is 912. The monoisotopic (exact) mass is 425 g/mol. The maximum Gasteiger partial charge on any atom is 0.223 e. The lowest BCUT2D eigenvalue weighted by Gasteiger charge is -2.25. The molecular weight excluding hydrogens is 398 g/mol. The van der Waals surface area contributed by atoms with Gasteiger partial charge in [-0.3, -0.25) is 9.59 Å². The quantitative estimate of drug-likeness (QED) is 0.487. The summed E-state index contributed by atoms with van der Waals surface area (Å²) in [7, 11) is 0. The lowest BCUT2D eigenvalue weighted by molar-refractivity contribution is -0.132. The number of Topliss-reactive ketones (excluding diaryl/α,β-unsaturated/α-hetero) is 1. The van der Waals surface area contributed by atoms with Gasteiger partial charge in [-0.25, -0.2) is 0 Å². The minimum Gasteiger partial charge on any atom is -0.490 e.